The summed E-state index contributed by atoms with van der Waals surface area (Å²) in [6, 6.07) is 15.0. The number of nitrogens with two attached hydrogens (primary N) is 1. The summed E-state index contributed by atoms with van der Waals surface area (Å²) in [6.07, 6.45) is -1.95. The first-order valence-electron chi connectivity index (χ1n) is 16.1. The Hall–Kier alpha value is -4.58. The summed E-state index contributed by atoms with van der Waals surface area (Å²) in [7, 11) is 0. The molecule has 1 saturated heterocycles. The Bertz CT molecular complexity index is 1540. The lowest BCUT2D eigenvalue weighted by molar-refractivity contribution is -0.310. The van der Waals surface area contributed by atoms with Crippen molar-refractivity contribution >= 4 is 41.4 Å². The van der Waals surface area contributed by atoms with Crippen molar-refractivity contribution in [2.75, 3.05) is 31.2 Å². The smallest absolute Gasteiger partial charge is 0.364 e. The van der Waals surface area contributed by atoms with Crippen molar-refractivity contribution in [1.29, 1.82) is 0 Å². The number of ether oxygens (including phenoxy) is 2. The molecule has 0 bridgehead atoms. The zero-order chi connectivity index (χ0) is 37.4. The Kier molecular flexibility index (Phi) is 16.3. The Labute approximate surface area is 299 Å². The van der Waals surface area contributed by atoms with E-state index in [2.05, 4.69) is 16.0 Å². The number of primary amides is 1. The number of hydrogen-bond acceptors (Lipinski definition) is 11. The molecule has 0 radical (unpaired) electrons. The molecule has 3 rings (SSSR count). The van der Waals surface area contributed by atoms with Gasteiger partial charge in [0, 0.05) is 49.9 Å². The molecule has 0 saturated carbocycles. The third-order valence-corrected chi connectivity index (χ3v) is 8.73. The molecule has 4 amide bonds. The van der Waals surface area contributed by atoms with Gasteiger partial charge in [0.15, 0.2) is 0 Å². The molecule has 2 aromatic rings. The van der Waals surface area contributed by atoms with Crippen molar-refractivity contribution in [3.05, 3.63) is 84.5 Å². The van der Waals surface area contributed by atoms with E-state index in [-0.39, 0.29) is 12.5 Å². The SMILES string of the molecule is CC(=O)N[C@H]1C([C@H](O)[C@H](O)CNC(=O)c2ccc(-c3ccccc3)cc2)O[C@@](OCCCSCCNC(=O)/C=C/C=C/C(N)=O)(C(=O)O)C[C@@H]1O. The van der Waals surface area contributed by atoms with E-state index < -0.39 is 72.9 Å². The normalized spacial score (nSPS) is 21.5. The third kappa shape index (κ3) is 12.9. The topological polar surface area (TPSA) is 247 Å². The fourth-order valence-corrected chi connectivity index (χ4v) is 5.91. The monoisotopic (exact) mass is 728 g/mol. The predicted octanol–water partition coefficient (Wildman–Crippen LogP) is 0.0944. The maximum absolute atomic E-state index is 12.8. The lowest BCUT2D eigenvalue weighted by Gasteiger charge is -2.46. The van der Waals surface area contributed by atoms with Crippen LogP contribution in [-0.2, 0) is 28.7 Å². The van der Waals surface area contributed by atoms with Gasteiger partial charge in [0.25, 0.3) is 11.7 Å². The molecule has 2 aromatic carbocycles. The van der Waals surface area contributed by atoms with Crippen molar-refractivity contribution in [3.63, 3.8) is 0 Å². The molecule has 16 heteroatoms. The molecule has 0 aromatic heterocycles. The van der Waals surface area contributed by atoms with Gasteiger partial charge in [0.2, 0.25) is 17.7 Å². The maximum atomic E-state index is 12.8. The van der Waals surface area contributed by atoms with Gasteiger partial charge in [-0.1, -0.05) is 54.6 Å². The lowest BCUT2D eigenvalue weighted by Crippen LogP contribution is -2.68. The molecule has 6 atom stereocenters. The second-order valence-electron chi connectivity index (χ2n) is 11.6. The van der Waals surface area contributed by atoms with Gasteiger partial charge in [-0.3, -0.25) is 19.2 Å². The molecular formula is C35H44N4O11S. The van der Waals surface area contributed by atoms with Gasteiger partial charge in [0.05, 0.1) is 24.9 Å². The summed E-state index contributed by atoms with van der Waals surface area (Å²) in [5.41, 5.74) is 7.12. The fourth-order valence-electron chi connectivity index (χ4n) is 5.13. The van der Waals surface area contributed by atoms with Gasteiger partial charge in [-0.25, -0.2) is 4.79 Å². The van der Waals surface area contributed by atoms with Crippen LogP contribution in [0.1, 0.15) is 30.1 Å². The number of carboxylic acids is 1. The van der Waals surface area contributed by atoms with E-state index >= 15 is 0 Å². The minimum absolute atomic E-state index is 0.122. The largest absolute Gasteiger partial charge is 0.477 e. The van der Waals surface area contributed by atoms with Gasteiger partial charge in [-0.2, -0.15) is 11.8 Å². The summed E-state index contributed by atoms with van der Waals surface area (Å²) in [5, 5.41) is 50.7. The number of rotatable bonds is 19. The van der Waals surface area contributed by atoms with E-state index in [4.69, 9.17) is 15.2 Å². The van der Waals surface area contributed by atoms with Gasteiger partial charge in [0.1, 0.15) is 12.2 Å². The van der Waals surface area contributed by atoms with Gasteiger partial charge < -0.3 is 51.6 Å². The number of aliphatic hydroxyl groups excluding tert-OH is 3. The Morgan fingerprint density at radius 2 is 1.67 bits per heavy atom. The van der Waals surface area contributed by atoms with E-state index in [1.165, 1.54) is 30.0 Å². The van der Waals surface area contributed by atoms with Crippen LogP contribution in [0.5, 0.6) is 0 Å². The van der Waals surface area contributed by atoms with Gasteiger partial charge >= 0.3 is 5.97 Å². The minimum Gasteiger partial charge on any atom is -0.477 e. The average Bonchev–Trinajstić information content (AvgIpc) is 3.10. The lowest BCUT2D eigenvalue weighted by atomic mass is 9.88. The van der Waals surface area contributed by atoms with Crippen molar-refractivity contribution in [2.45, 2.75) is 56.0 Å². The van der Waals surface area contributed by atoms with Crippen LogP contribution in [0, 0.1) is 0 Å². The number of carbonyl (C=O) groups is 5. The predicted molar refractivity (Wildman–Crippen MR) is 188 cm³/mol. The summed E-state index contributed by atoms with van der Waals surface area (Å²) in [6.45, 7) is 0.915. The number of aliphatic hydroxyl groups is 3. The number of carbonyl (C=O) groups excluding carboxylic acids is 4. The zero-order valence-corrected chi connectivity index (χ0v) is 28.8. The molecule has 1 unspecified atom stereocenters. The number of aliphatic carboxylic acids is 1. The van der Waals surface area contributed by atoms with Crippen LogP contribution in [0.15, 0.2) is 78.9 Å². The van der Waals surface area contributed by atoms with Gasteiger partial charge in [-0.15, -0.1) is 0 Å². The van der Waals surface area contributed by atoms with Crippen LogP contribution in [0.3, 0.4) is 0 Å². The standard InChI is InChI=1S/C35H44N4O11S/c1-22(40)39-30-26(41)20-35(34(47)48,49-17-7-18-51-19-16-37-29(44)11-6-5-10-28(36)43)50-32(30)31(45)27(42)21-38-33(46)25-14-12-24(13-15-25)23-8-3-2-4-9-23/h2-6,8-15,26-27,30-32,41-42,45H,7,16-21H2,1H3,(H2,36,43)(H,37,44)(H,38,46)(H,39,40)(H,47,48)/b10-5+,11-6+/t26-,27+,30+,31+,32?,35+/m0/s1. The molecular weight excluding hydrogens is 684 g/mol. The van der Waals surface area contributed by atoms with E-state index in [1.807, 2.05) is 30.3 Å². The average molecular weight is 729 g/mol. The highest BCUT2D eigenvalue weighted by Gasteiger charge is 2.55. The van der Waals surface area contributed by atoms with Crippen molar-refractivity contribution in [3.8, 4) is 11.1 Å². The summed E-state index contributed by atoms with van der Waals surface area (Å²) < 4.78 is 11.4. The van der Waals surface area contributed by atoms with Crippen molar-refractivity contribution in [1.82, 2.24) is 16.0 Å². The number of allylic oxidation sites excluding steroid dienone is 2. The first-order chi connectivity index (χ1) is 24.3. The van der Waals surface area contributed by atoms with Crippen LogP contribution >= 0.6 is 11.8 Å². The number of benzene rings is 2. The van der Waals surface area contributed by atoms with Crippen LogP contribution in [0.4, 0.5) is 0 Å². The minimum atomic E-state index is -2.42. The Balaban J connectivity index is 1.54. The van der Waals surface area contributed by atoms with Crippen LogP contribution in [0.2, 0.25) is 0 Å². The highest BCUT2D eigenvalue weighted by molar-refractivity contribution is 7.99. The number of hydrogen-bond donors (Lipinski definition) is 8. The van der Waals surface area contributed by atoms with Crippen molar-refractivity contribution < 1.29 is 53.9 Å². The summed E-state index contributed by atoms with van der Waals surface area (Å²) >= 11 is 1.46. The van der Waals surface area contributed by atoms with E-state index in [0.29, 0.717) is 30.0 Å². The second kappa shape index (κ2) is 20.3. The first kappa shape index (κ1) is 40.8. The molecule has 0 aliphatic carbocycles. The van der Waals surface area contributed by atoms with E-state index in [0.717, 1.165) is 24.1 Å². The quantitative estimate of drug-likeness (QED) is 0.0545. The van der Waals surface area contributed by atoms with Crippen LogP contribution < -0.4 is 21.7 Å². The van der Waals surface area contributed by atoms with Gasteiger partial charge in [-0.05, 0) is 35.4 Å². The highest BCUT2D eigenvalue weighted by Crippen LogP contribution is 2.34. The molecule has 1 heterocycles. The second-order valence-corrected chi connectivity index (χ2v) is 12.8. The molecule has 1 fully saturated rings. The van der Waals surface area contributed by atoms with E-state index in [1.54, 1.807) is 24.3 Å². The molecule has 9 N–H and O–H groups in total. The summed E-state index contributed by atoms with van der Waals surface area (Å²) in [4.78, 5) is 59.6. The van der Waals surface area contributed by atoms with Crippen molar-refractivity contribution in [2.24, 2.45) is 5.73 Å². The molecule has 0 spiro atoms. The third-order valence-electron chi connectivity index (χ3n) is 7.66. The molecule has 51 heavy (non-hydrogen) atoms. The molecule has 15 nitrogen and oxygen atoms in total. The number of carboxylic acid groups (broad SMARTS) is 1. The number of amides is 4. The van der Waals surface area contributed by atoms with Crippen LogP contribution in [-0.4, -0.2) is 117 Å². The zero-order valence-electron chi connectivity index (χ0n) is 28.0. The first-order valence-corrected chi connectivity index (χ1v) is 17.3. The number of nitrogens with one attached hydrogen (secondary N) is 3. The highest BCUT2D eigenvalue weighted by atomic mass is 32.2. The maximum Gasteiger partial charge on any atom is 0.364 e. The van der Waals surface area contributed by atoms with E-state index in [9.17, 15) is 44.4 Å². The Morgan fingerprint density at radius 1 is 1.00 bits per heavy atom. The molecule has 1 aliphatic heterocycles. The number of thioether (sulfide) groups is 1. The fraction of sp³-hybridized carbons (Fsp3) is 0.400. The van der Waals surface area contributed by atoms with Crippen LogP contribution in [0.25, 0.3) is 11.1 Å². The summed E-state index contributed by atoms with van der Waals surface area (Å²) in [5.74, 6) is -5.09. The molecule has 276 valence electrons. The molecule has 1 aliphatic rings. The Morgan fingerprint density at radius 3 is 2.31 bits per heavy atom.